The minimum atomic E-state index is -3.67. The predicted octanol–water partition coefficient (Wildman–Crippen LogP) is 3.53. The largest absolute Gasteiger partial charge is 0.391 e. The van der Waals surface area contributed by atoms with Gasteiger partial charge in [0.05, 0.1) is 10.4 Å². The van der Waals surface area contributed by atoms with Crippen molar-refractivity contribution in [1.82, 2.24) is 0 Å². The Bertz CT molecular complexity index is 712. The van der Waals surface area contributed by atoms with Crippen LogP contribution in [0.25, 0.3) is 0 Å². The summed E-state index contributed by atoms with van der Waals surface area (Å²) in [4.78, 5) is 1.71. The molecule has 0 unspecified atom stereocenters. The molecule has 1 aromatic heterocycles. The molecule has 2 N–H and O–H groups in total. The van der Waals surface area contributed by atoms with Gasteiger partial charge in [-0.2, -0.15) is 0 Å². The van der Waals surface area contributed by atoms with Crippen LogP contribution in [0.4, 0.5) is 5.69 Å². The molecule has 0 fully saturated rings. The molecule has 0 saturated heterocycles. The maximum atomic E-state index is 12.3. The van der Waals surface area contributed by atoms with Crippen LogP contribution in [0.2, 0.25) is 0 Å². The lowest BCUT2D eigenvalue weighted by atomic mass is 10.3. The van der Waals surface area contributed by atoms with E-state index in [1.165, 1.54) is 17.4 Å². The van der Waals surface area contributed by atoms with Gasteiger partial charge >= 0.3 is 0 Å². The molecule has 20 heavy (non-hydrogen) atoms. The molecule has 0 aliphatic rings. The van der Waals surface area contributed by atoms with Gasteiger partial charge in [-0.05, 0) is 46.5 Å². The number of aliphatic hydroxyl groups excluding tert-OH is 1. The third kappa shape index (κ3) is 3.56. The van der Waals surface area contributed by atoms with Crippen molar-refractivity contribution in [2.24, 2.45) is 0 Å². The quantitative estimate of drug-likeness (QED) is 0.762. The Morgan fingerprint density at radius 2 is 2.15 bits per heavy atom. The van der Waals surface area contributed by atoms with Crippen LogP contribution < -0.4 is 4.72 Å². The lowest BCUT2D eigenvalue weighted by molar-refractivity contribution is 0.285. The average molecular weight is 394 g/mol. The van der Waals surface area contributed by atoms with Crippen LogP contribution in [0, 0.1) is 0 Å². The highest BCUT2D eigenvalue weighted by Crippen LogP contribution is 2.33. The number of sulfonamides is 1. The van der Waals surface area contributed by atoms with E-state index in [2.05, 4.69) is 20.7 Å². The molecular formula is C12H12BrNO3S3. The number of halogens is 1. The van der Waals surface area contributed by atoms with Gasteiger partial charge in [0.1, 0.15) is 4.90 Å². The second-order valence-electron chi connectivity index (χ2n) is 3.85. The first-order valence-electron chi connectivity index (χ1n) is 5.52. The molecule has 2 rings (SSSR count). The minimum Gasteiger partial charge on any atom is -0.391 e. The monoisotopic (exact) mass is 393 g/mol. The van der Waals surface area contributed by atoms with E-state index in [1.807, 2.05) is 12.3 Å². The molecule has 1 aromatic carbocycles. The van der Waals surface area contributed by atoms with Crippen molar-refractivity contribution >= 4 is 54.7 Å². The fraction of sp³-hybridized carbons (Fsp3) is 0.167. The van der Waals surface area contributed by atoms with E-state index in [4.69, 9.17) is 5.11 Å². The highest BCUT2D eigenvalue weighted by Gasteiger charge is 2.21. The van der Waals surface area contributed by atoms with Crippen molar-refractivity contribution < 1.29 is 13.5 Å². The van der Waals surface area contributed by atoms with Gasteiger partial charge in [-0.3, -0.25) is 4.72 Å². The van der Waals surface area contributed by atoms with Gasteiger partial charge < -0.3 is 5.11 Å². The fourth-order valence-corrected chi connectivity index (χ4v) is 5.61. The molecule has 0 spiro atoms. The Kier molecular flexibility index (Phi) is 5.14. The lowest BCUT2D eigenvalue weighted by Gasteiger charge is -2.08. The van der Waals surface area contributed by atoms with E-state index in [-0.39, 0.29) is 11.5 Å². The van der Waals surface area contributed by atoms with Crippen molar-refractivity contribution in [3.05, 3.63) is 39.0 Å². The second kappa shape index (κ2) is 6.48. The molecule has 0 bridgehead atoms. The number of rotatable bonds is 5. The first-order chi connectivity index (χ1) is 9.46. The predicted molar refractivity (Wildman–Crippen MR) is 87.0 cm³/mol. The van der Waals surface area contributed by atoms with Crippen LogP contribution in [0.15, 0.2) is 43.9 Å². The van der Waals surface area contributed by atoms with Crippen molar-refractivity contribution in [1.29, 1.82) is 0 Å². The first-order valence-corrected chi connectivity index (χ1v) is 9.84. The van der Waals surface area contributed by atoms with Gasteiger partial charge in [-0.25, -0.2) is 8.42 Å². The number of thiophene rings is 1. The molecule has 0 radical (unpaired) electrons. The summed E-state index contributed by atoms with van der Waals surface area (Å²) in [6.45, 7) is -0.180. The van der Waals surface area contributed by atoms with Crippen molar-refractivity contribution in [3.8, 4) is 0 Å². The van der Waals surface area contributed by atoms with Crippen LogP contribution in [-0.4, -0.2) is 19.8 Å². The van der Waals surface area contributed by atoms with Crippen LogP contribution in [-0.2, 0) is 16.6 Å². The van der Waals surface area contributed by atoms with Gasteiger partial charge in [0.15, 0.2) is 0 Å². The third-order valence-electron chi connectivity index (χ3n) is 2.47. The van der Waals surface area contributed by atoms with Gasteiger partial charge in [-0.1, -0.05) is 6.07 Å². The summed E-state index contributed by atoms with van der Waals surface area (Å²) in [6, 6.07) is 8.65. The van der Waals surface area contributed by atoms with E-state index >= 15 is 0 Å². The summed E-state index contributed by atoms with van der Waals surface area (Å²) in [5, 5.41) is 9.07. The number of aliphatic hydroxyl groups is 1. The van der Waals surface area contributed by atoms with Gasteiger partial charge in [0.2, 0.25) is 0 Å². The topological polar surface area (TPSA) is 66.4 Å². The van der Waals surface area contributed by atoms with E-state index in [1.54, 1.807) is 30.0 Å². The highest BCUT2D eigenvalue weighted by molar-refractivity contribution is 9.11. The van der Waals surface area contributed by atoms with Crippen molar-refractivity contribution in [3.63, 3.8) is 0 Å². The Balaban J connectivity index is 2.32. The molecule has 0 aliphatic heterocycles. The van der Waals surface area contributed by atoms with Gasteiger partial charge in [0.25, 0.3) is 10.0 Å². The summed E-state index contributed by atoms with van der Waals surface area (Å²) in [6.07, 6.45) is 1.93. The van der Waals surface area contributed by atoms with Crippen molar-refractivity contribution in [2.45, 2.75) is 16.4 Å². The van der Waals surface area contributed by atoms with E-state index in [0.717, 1.165) is 4.90 Å². The maximum absolute atomic E-state index is 12.3. The normalized spacial score (nSPS) is 11.6. The number of nitrogens with one attached hydrogen (secondary N) is 1. The smallest absolute Gasteiger partial charge is 0.263 e. The average Bonchev–Trinajstić information content (AvgIpc) is 2.80. The van der Waals surface area contributed by atoms with Gasteiger partial charge in [-0.15, -0.1) is 23.1 Å². The first kappa shape index (κ1) is 15.8. The molecule has 108 valence electrons. The van der Waals surface area contributed by atoms with E-state index in [0.29, 0.717) is 14.4 Å². The van der Waals surface area contributed by atoms with E-state index in [9.17, 15) is 8.42 Å². The molecule has 0 saturated carbocycles. The zero-order valence-electron chi connectivity index (χ0n) is 10.5. The Hall–Kier alpha value is -0.540. The van der Waals surface area contributed by atoms with Crippen molar-refractivity contribution in [2.75, 3.05) is 11.0 Å². The van der Waals surface area contributed by atoms with Crippen LogP contribution in [0.3, 0.4) is 0 Å². The SMILES string of the molecule is CSc1cccc(NS(=O)(=O)c2cc(CO)sc2Br)c1. The Morgan fingerprint density at radius 3 is 2.75 bits per heavy atom. The summed E-state index contributed by atoms with van der Waals surface area (Å²) in [7, 11) is -3.67. The highest BCUT2D eigenvalue weighted by atomic mass is 79.9. The number of hydrogen-bond donors (Lipinski definition) is 2. The molecule has 4 nitrogen and oxygen atoms in total. The van der Waals surface area contributed by atoms with Crippen LogP contribution in [0.5, 0.6) is 0 Å². The second-order valence-corrected chi connectivity index (χ2v) is 8.83. The van der Waals surface area contributed by atoms with Crippen LogP contribution in [0.1, 0.15) is 4.88 Å². The maximum Gasteiger partial charge on any atom is 0.263 e. The number of anilines is 1. The third-order valence-corrected chi connectivity index (χ3v) is 6.82. The summed E-state index contributed by atoms with van der Waals surface area (Å²) in [5.41, 5.74) is 0.514. The standard InChI is InChI=1S/C12H12BrNO3S3/c1-18-9-4-2-3-8(5-9)14-20(16,17)11-6-10(7-15)19-12(11)13/h2-6,14-15H,7H2,1H3. The number of benzene rings is 1. The number of thioether (sulfide) groups is 1. The molecule has 0 atom stereocenters. The minimum absolute atomic E-state index is 0.140. The summed E-state index contributed by atoms with van der Waals surface area (Å²) >= 11 is 5.96. The fourth-order valence-electron chi connectivity index (χ4n) is 1.56. The molecule has 0 amide bonds. The summed E-state index contributed by atoms with van der Waals surface area (Å²) in [5.74, 6) is 0. The Morgan fingerprint density at radius 1 is 1.40 bits per heavy atom. The Labute approximate surface area is 134 Å². The molecule has 0 aliphatic carbocycles. The van der Waals surface area contributed by atoms with Crippen LogP contribution >= 0.6 is 39.0 Å². The lowest BCUT2D eigenvalue weighted by Crippen LogP contribution is -2.12. The zero-order chi connectivity index (χ0) is 14.8. The zero-order valence-corrected chi connectivity index (χ0v) is 14.5. The number of hydrogen-bond acceptors (Lipinski definition) is 5. The molecule has 2 aromatic rings. The molecular weight excluding hydrogens is 382 g/mol. The molecule has 8 heteroatoms. The summed E-state index contributed by atoms with van der Waals surface area (Å²) < 4.78 is 27.7. The molecule has 1 heterocycles. The van der Waals surface area contributed by atoms with E-state index < -0.39 is 10.0 Å². The van der Waals surface area contributed by atoms with Gasteiger partial charge in [0, 0.05) is 15.5 Å².